The molecular weight excluding hydrogens is 132 g/mol. The highest BCUT2D eigenvalue weighted by atomic mass is 16.7. The molecule has 58 valence electrons. The summed E-state index contributed by atoms with van der Waals surface area (Å²) >= 11 is 0. The quantitative estimate of drug-likeness (QED) is 0.532. The van der Waals surface area contributed by atoms with Gasteiger partial charge in [-0.05, 0) is 6.92 Å². The summed E-state index contributed by atoms with van der Waals surface area (Å²) in [6, 6.07) is 0. The van der Waals surface area contributed by atoms with Crippen LogP contribution in [0.1, 0.15) is 13.3 Å². The smallest absolute Gasteiger partial charge is 0.158 e. The maximum atomic E-state index is 10.3. The van der Waals surface area contributed by atoms with Gasteiger partial charge in [-0.15, -0.1) is 0 Å². The third-order valence-electron chi connectivity index (χ3n) is 1.87. The number of methoxy groups -OCH3 is 1. The van der Waals surface area contributed by atoms with Gasteiger partial charge >= 0.3 is 0 Å². The van der Waals surface area contributed by atoms with Crippen LogP contribution in [0, 0.1) is 5.92 Å². The first kappa shape index (κ1) is 7.69. The molecule has 1 heterocycles. The van der Waals surface area contributed by atoms with E-state index in [1.807, 2.05) is 6.92 Å². The Morgan fingerprint density at radius 3 is 2.70 bits per heavy atom. The monoisotopic (exact) mass is 144 g/mol. The fourth-order valence-corrected chi connectivity index (χ4v) is 1.13. The van der Waals surface area contributed by atoms with E-state index in [4.69, 9.17) is 9.47 Å². The van der Waals surface area contributed by atoms with E-state index in [0.29, 0.717) is 6.42 Å². The first-order valence-corrected chi connectivity index (χ1v) is 3.41. The highest BCUT2D eigenvalue weighted by Gasteiger charge is 2.31. The molecule has 1 aliphatic heterocycles. The molecule has 3 nitrogen and oxygen atoms in total. The molecule has 1 saturated heterocycles. The van der Waals surface area contributed by atoms with Crippen molar-refractivity contribution in [1.29, 1.82) is 0 Å². The van der Waals surface area contributed by atoms with E-state index in [-0.39, 0.29) is 18.3 Å². The number of hydrogen-bond acceptors (Lipinski definition) is 3. The average molecular weight is 144 g/mol. The number of aldehydes is 1. The normalized spacial score (nSPS) is 40.0. The number of hydrogen-bond donors (Lipinski definition) is 0. The predicted octanol–water partition coefficient (Wildman–Crippen LogP) is 0.583. The summed E-state index contributed by atoms with van der Waals surface area (Å²) in [6.45, 7) is 1.89. The molecule has 0 bridgehead atoms. The minimum atomic E-state index is -0.176. The summed E-state index contributed by atoms with van der Waals surface area (Å²) in [7, 11) is 1.59. The first-order valence-electron chi connectivity index (χ1n) is 3.41. The molecule has 0 aromatic rings. The lowest BCUT2D eigenvalue weighted by Crippen LogP contribution is -2.12. The average Bonchev–Trinajstić information content (AvgIpc) is 2.30. The number of carbonyl (C=O) groups excluding carboxylic acids is 1. The van der Waals surface area contributed by atoms with Crippen LogP contribution < -0.4 is 0 Å². The summed E-state index contributed by atoms with van der Waals surface area (Å²) < 4.78 is 10.2. The molecule has 0 spiro atoms. The molecule has 0 radical (unpaired) electrons. The number of carbonyl (C=O) groups is 1. The van der Waals surface area contributed by atoms with E-state index in [1.165, 1.54) is 0 Å². The van der Waals surface area contributed by atoms with Crippen molar-refractivity contribution < 1.29 is 14.3 Å². The van der Waals surface area contributed by atoms with Crippen molar-refractivity contribution in [2.75, 3.05) is 7.11 Å². The molecule has 0 unspecified atom stereocenters. The van der Waals surface area contributed by atoms with E-state index < -0.39 is 0 Å². The van der Waals surface area contributed by atoms with Gasteiger partial charge in [0.1, 0.15) is 6.29 Å². The molecule has 3 heteroatoms. The van der Waals surface area contributed by atoms with Crippen LogP contribution in [0.5, 0.6) is 0 Å². The van der Waals surface area contributed by atoms with Crippen LogP contribution in [0.2, 0.25) is 0 Å². The largest absolute Gasteiger partial charge is 0.356 e. The van der Waals surface area contributed by atoms with Gasteiger partial charge in [0.25, 0.3) is 0 Å². The Morgan fingerprint density at radius 2 is 2.40 bits per heavy atom. The Balaban J connectivity index is 2.43. The van der Waals surface area contributed by atoms with Crippen LogP contribution in [0.15, 0.2) is 0 Å². The molecule has 0 saturated carbocycles. The zero-order valence-electron chi connectivity index (χ0n) is 6.24. The van der Waals surface area contributed by atoms with Gasteiger partial charge in [-0.2, -0.15) is 0 Å². The highest BCUT2D eigenvalue weighted by Crippen LogP contribution is 2.24. The Morgan fingerprint density at radius 1 is 1.70 bits per heavy atom. The molecule has 0 N–H and O–H groups in total. The molecule has 0 aromatic carbocycles. The fourth-order valence-electron chi connectivity index (χ4n) is 1.13. The molecule has 1 fully saturated rings. The minimum Gasteiger partial charge on any atom is -0.356 e. The fraction of sp³-hybridized carbons (Fsp3) is 0.857. The van der Waals surface area contributed by atoms with Crippen LogP contribution in [-0.4, -0.2) is 25.8 Å². The zero-order valence-corrected chi connectivity index (χ0v) is 6.24. The summed E-state index contributed by atoms with van der Waals surface area (Å²) in [5.74, 6) is 0.0185. The first-order chi connectivity index (χ1) is 4.77. The van der Waals surface area contributed by atoms with Crippen molar-refractivity contribution in [3.8, 4) is 0 Å². The topological polar surface area (TPSA) is 35.5 Å². The Labute approximate surface area is 60.3 Å². The van der Waals surface area contributed by atoms with E-state index in [1.54, 1.807) is 7.11 Å². The third kappa shape index (κ3) is 1.36. The lowest BCUT2D eigenvalue weighted by molar-refractivity contribution is -0.116. The van der Waals surface area contributed by atoms with Crippen molar-refractivity contribution >= 4 is 6.29 Å². The molecule has 0 aliphatic carbocycles. The summed E-state index contributed by atoms with van der Waals surface area (Å²) in [5.41, 5.74) is 0. The zero-order chi connectivity index (χ0) is 7.56. The van der Waals surface area contributed by atoms with E-state index >= 15 is 0 Å². The van der Waals surface area contributed by atoms with E-state index in [9.17, 15) is 4.79 Å². The maximum absolute atomic E-state index is 10.3. The van der Waals surface area contributed by atoms with Crippen molar-refractivity contribution in [1.82, 2.24) is 0 Å². The lowest BCUT2D eigenvalue weighted by Gasteiger charge is -2.06. The van der Waals surface area contributed by atoms with Crippen LogP contribution in [-0.2, 0) is 14.3 Å². The van der Waals surface area contributed by atoms with Gasteiger partial charge in [0.2, 0.25) is 0 Å². The van der Waals surface area contributed by atoms with Gasteiger partial charge in [-0.3, -0.25) is 0 Å². The second-order valence-corrected chi connectivity index (χ2v) is 2.54. The standard InChI is InChI=1S/C7H12O3/c1-5-6(4-8)3-7(9-2)10-5/h4-7H,3H2,1-2H3/t5-,6+,7-/m0/s1. The molecule has 0 aromatic heterocycles. The van der Waals surface area contributed by atoms with E-state index in [0.717, 1.165) is 6.29 Å². The second-order valence-electron chi connectivity index (χ2n) is 2.54. The van der Waals surface area contributed by atoms with Gasteiger partial charge in [0.15, 0.2) is 6.29 Å². The van der Waals surface area contributed by atoms with Crippen molar-refractivity contribution in [3.63, 3.8) is 0 Å². The Hall–Kier alpha value is -0.410. The van der Waals surface area contributed by atoms with Gasteiger partial charge in [0, 0.05) is 19.4 Å². The molecule has 1 rings (SSSR count). The number of rotatable bonds is 2. The van der Waals surface area contributed by atoms with Crippen molar-refractivity contribution in [3.05, 3.63) is 0 Å². The Kier molecular flexibility index (Phi) is 2.40. The van der Waals surface area contributed by atoms with Gasteiger partial charge in [0.05, 0.1) is 6.10 Å². The summed E-state index contributed by atoms with van der Waals surface area (Å²) in [6.07, 6.45) is 1.47. The van der Waals surface area contributed by atoms with Crippen LogP contribution in [0.3, 0.4) is 0 Å². The van der Waals surface area contributed by atoms with Gasteiger partial charge in [-0.1, -0.05) is 0 Å². The maximum Gasteiger partial charge on any atom is 0.158 e. The summed E-state index contributed by atoms with van der Waals surface area (Å²) in [4.78, 5) is 10.3. The van der Waals surface area contributed by atoms with Crippen LogP contribution in [0.25, 0.3) is 0 Å². The molecular formula is C7H12O3. The molecule has 10 heavy (non-hydrogen) atoms. The second kappa shape index (κ2) is 3.12. The lowest BCUT2D eigenvalue weighted by atomic mass is 10.1. The summed E-state index contributed by atoms with van der Waals surface area (Å²) in [5, 5.41) is 0. The highest BCUT2D eigenvalue weighted by molar-refractivity contribution is 5.54. The van der Waals surface area contributed by atoms with Gasteiger partial charge < -0.3 is 14.3 Å². The van der Waals surface area contributed by atoms with Crippen LogP contribution in [0.4, 0.5) is 0 Å². The SMILES string of the molecule is CO[C@@H]1C[C@H](C=O)[C@H](C)O1. The third-order valence-corrected chi connectivity index (χ3v) is 1.87. The molecule has 3 atom stereocenters. The van der Waals surface area contributed by atoms with Crippen LogP contribution >= 0.6 is 0 Å². The number of ether oxygens (including phenoxy) is 2. The van der Waals surface area contributed by atoms with Crippen molar-refractivity contribution in [2.45, 2.75) is 25.7 Å². The van der Waals surface area contributed by atoms with E-state index in [2.05, 4.69) is 0 Å². The Bertz CT molecular complexity index is 124. The predicted molar refractivity (Wildman–Crippen MR) is 35.5 cm³/mol. The van der Waals surface area contributed by atoms with Gasteiger partial charge in [-0.25, -0.2) is 0 Å². The van der Waals surface area contributed by atoms with Crippen molar-refractivity contribution in [2.24, 2.45) is 5.92 Å². The molecule has 0 amide bonds. The minimum absolute atomic E-state index is 0.0162. The molecule has 1 aliphatic rings.